The molecule has 2 unspecified atom stereocenters. The van der Waals surface area contributed by atoms with E-state index >= 15 is 0 Å². The second-order valence-corrected chi connectivity index (χ2v) is 24.6. The Balaban J connectivity index is 3.48. The van der Waals surface area contributed by atoms with Crippen molar-refractivity contribution in [1.29, 1.82) is 0 Å². The molecule has 0 heterocycles. The molecule has 0 saturated heterocycles. The lowest BCUT2D eigenvalue weighted by atomic mass is 10.0. The second-order valence-electron chi connectivity index (χ2n) is 24.6. The largest absolute Gasteiger partial charge is 0.394 e. The first-order valence-electron chi connectivity index (χ1n) is 36.5. The lowest BCUT2D eigenvalue weighted by Crippen LogP contribution is -2.45. The monoisotopic (exact) mass is 1140 g/mol. The van der Waals surface area contributed by atoms with Gasteiger partial charge in [0.15, 0.2) is 0 Å². The van der Waals surface area contributed by atoms with E-state index in [0.717, 1.165) is 70.6 Å². The highest BCUT2D eigenvalue weighted by molar-refractivity contribution is 5.76. The Morgan fingerprint density at radius 3 is 0.854 bits per heavy atom. The van der Waals surface area contributed by atoms with E-state index in [1.54, 1.807) is 6.08 Å². The summed E-state index contributed by atoms with van der Waals surface area (Å²) in [6.07, 6.45) is 108. The lowest BCUT2D eigenvalue weighted by molar-refractivity contribution is -0.123. The highest BCUT2D eigenvalue weighted by Crippen LogP contribution is 2.18. The molecule has 82 heavy (non-hydrogen) atoms. The van der Waals surface area contributed by atoms with Crippen molar-refractivity contribution >= 4 is 5.91 Å². The molecule has 0 aliphatic heterocycles. The first kappa shape index (κ1) is 79.3. The predicted molar refractivity (Wildman–Crippen MR) is 368 cm³/mol. The van der Waals surface area contributed by atoms with Crippen molar-refractivity contribution in [2.45, 2.75) is 386 Å². The molecule has 0 aliphatic carbocycles. The zero-order valence-corrected chi connectivity index (χ0v) is 55.0. The number of hydrogen-bond donors (Lipinski definition) is 3. The fraction of sp³-hybridized carbons (Fsp3) is 0.782. The Morgan fingerprint density at radius 2 is 0.549 bits per heavy atom. The maximum absolute atomic E-state index is 12.5. The zero-order chi connectivity index (χ0) is 59.1. The maximum Gasteiger partial charge on any atom is 0.220 e. The third-order valence-corrected chi connectivity index (χ3v) is 16.5. The Kier molecular flexibility index (Phi) is 70.2. The van der Waals surface area contributed by atoms with Gasteiger partial charge in [-0.15, -0.1) is 0 Å². The van der Waals surface area contributed by atoms with Gasteiger partial charge in [-0.3, -0.25) is 4.79 Å². The molecule has 0 spiro atoms. The minimum atomic E-state index is -0.875. The molecular formula is C78H141NO3. The third-order valence-electron chi connectivity index (χ3n) is 16.5. The smallest absolute Gasteiger partial charge is 0.220 e. The van der Waals surface area contributed by atoms with Crippen molar-refractivity contribution in [3.8, 4) is 0 Å². The van der Waals surface area contributed by atoms with Crippen molar-refractivity contribution in [1.82, 2.24) is 5.32 Å². The van der Waals surface area contributed by atoms with E-state index in [9.17, 15) is 15.0 Å². The zero-order valence-electron chi connectivity index (χ0n) is 55.0. The number of nitrogens with one attached hydrogen (secondary N) is 1. The summed E-state index contributed by atoms with van der Waals surface area (Å²) in [5.74, 6) is -0.0733. The van der Waals surface area contributed by atoms with Crippen LogP contribution < -0.4 is 5.32 Å². The van der Waals surface area contributed by atoms with Crippen LogP contribution in [0.25, 0.3) is 0 Å². The van der Waals surface area contributed by atoms with Crippen molar-refractivity contribution in [3.05, 3.63) is 97.2 Å². The second kappa shape index (κ2) is 72.6. The number of carbonyl (C=O) groups excluding carboxylic acids is 1. The normalized spacial score (nSPS) is 13.3. The van der Waals surface area contributed by atoms with Crippen LogP contribution in [-0.2, 0) is 4.79 Å². The van der Waals surface area contributed by atoms with Gasteiger partial charge in [-0.2, -0.15) is 0 Å². The number of aliphatic hydroxyl groups is 2. The summed E-state index contributed by atoms with van der Waals surface area (Å²) in [6, 6.07) is -0.650. The molecule has 1 amide bonds. The van der Waals surface area contributed by atoms with Gasteiger partial charge in [-0.05, 0) is 89.9 Å². The minimum absolute atomic E-state index is 0.0733. The Hall–Kier alpha value is -2.69. The summed E-state index contributed by atoms with van der Waals surface area (Å²) >= 11 is 0. The Labute approximate surface area is 513 Å². The molecule has 0 aromatic carbocycles. The van der Waals surface area contributed by atoms with E-state index in [-0.39, 0.29) is 12.5 Å². The van der Waals surface area contributed by atoms with Crippen LogP contribution in [0.15, 0.2) is 97.2 Å². The molecule has 4 nitrogen and oxygen atoms in total. The van der Waals surface area contributed by atoms with Gasteiger partial charge < -0.3 is 15.5 Å². The molecule has 0 fully saturated rings. The highest BCUT2D eigenvalue weighted by atomic mass is 16.3. The molecule has 0 radical (unpaired) electrons. The molecule has 4 heteroatoms. The maximum atomic E-state index is 12.5. The fourth-order valence-electron chi connectivity index (χ4n) is 11.1. The summed E-state index contributed by atoms with van der Waals surface area (Å²) in [5, 5.41) is 23.3. The number of rotatable bonds is 67. The SMILES string of the molecule is CC/C=C\C/C=C\C/C=C\C/C=C\C/C=C\CCCCCCCCCCCCCCCCCCCCCCCCCC(=O)NC(CO)C(O)/C=C/CC/C=C/CC/C=C/CCCCCCCCCCCCCCCCCCCCCCC. The quantitative estimate of drug-likeness (QED) is 0.0420. The number of hydrogen-bond acceptors (Lipinski definition) is 3. The first-order valence-corrected chi connectivity index (χ1v) is 36.5. The van der Waals surface area contributed by atoms with Crippen LogP contribution in [0, 0.1) is 0 Å². The van der Waals surface area contributed by atoms with E-state index in [1.807, 2.05) is 6.08 Å². The van der Waals surface area contributed by atoms with Gasteiger partial charge in [-0.25, -0.2) is 0 Å². The van der Waals surface area contributed by atoms with E-state index in [1.165, 1.54) is 283 Å². The minimum Gasteiger partial charge on any atom is -0.394 e. The van der Waals surface area contributed by atoms with E-state index < -0.39 is 12.1 Å². The van der Waals surface area contributed by atoms with Crippen molar-refractivity contribution in [2.24, 2.45) is 0 Å². The van der Waals surface area contributed by atoms with Gasteiger partial charge in [0.05, 0.1) is 18.8 Å². The van der Waals surface area contributed by atoms with E-state index in [4.69, 9.17) is 0 Å². The topological polar surface area (TPSA) is 69.6 Å². The van der Waals surface area contributed by atoms with Crippen LogP contribution in [0.1, 0.15) is 373 Å². The summed E-state index contributed by atoms with van der Waals surface area (Å²) in [7, 11) is 0. The van der Waals surface area contributed by atoms with Gasteiger partial charge in [0.25, 0.3) is 0 Å². The molecule has 0 bridgehead atoms. The molecular weight excluding hydrogens is 999 g/mol. The van der Waals surface area contributed by atoms with Gasteiger partial charge in [0, 0.05) is 6.42 Å². The van der Waals surface area contributed by atoms with E-state index in [0.29, 0.717) is 6.42 Å². The first-order chi connectivity index (χ1) is 40.7. The molecule has 0 aromatic rings. The molecule has 0 saturated carbocycles. The number of aliphatic hydroxyl groups excluding tert-OH is 2. The number of carbonyl (C=O) groups is 1. The van der Waals surface area contributed by atoms with Gasteiger partial charge in [0.2, 0.25) is 5.91 Å². The van der Waals surface area contributed by atoms with Crippen molar-refractivity contribution in [3.63, 3.8) is 0 Å². The molecule has 476 valence electrons. The van der Waals surface area contributed by atoms with Gasteiger partial charge in [0.1, 0.15) is 0 Å². The molecule has 2 atom stereocenters. The van der Waals surface area contributed by atoms with Crippen molar-refractivity contribution < 1.29 is 15.0 Å². The number of unbranched alkanes of at least 4 members (excludes halogenated alkanes) is 46. The van der Waals surface area contributed by atoms with Crippen molar-refractivity contribution in [2.75, 3.05) is 6.61 Å². The average Bonchev–Trinajstić information content (AvgIpc) is 3.50. The fourth-order valence-corrected chi connectivity index (χ4v) is 11.1. The molecule has 0 aliphatic rings. The van der Waals surface area contributed by atoms with Crippen LogP contribution in [0.5, 0.6) is 0 Å². The Morgan fingerprint density at radius 1 is 0.305 bits per heavy atom. The van der Waals surface area contributed by atoms with Crippen LogP contribution in [0.4, 0.5) is 0 Å². The average molecular weight is 1140 g/mol. The van der Waals surface area contributed by atoms with Crippen LogP contribution in [0.2, 0.25) is 0 Å². The molecule has 0 aromatic heterocycles. The van der Waals surface area contributed by atoms with Gasteiger partial charge in [-0.1, -0.05) is 374 Å². The summed E-state index contributed by atoms with van der Waals surface area (Å²) in [6.45, 7) is 4.21. The molecule has 0 rings (SSSR count). The number of amides is 1. The highest BCUT2D eigenvalue weighted by Gasteiger charge is 2.18. The summed E-state index contributed by atoms with van der Waals surface area (Å²) in [5.41, 5.74) is 0. The standard InChI is InChI=1S/C78H141NO3/c1-3-5-7-9-11-13-15-17-19-21-23-25-27-29-31-33-35-36-37-38-39-40-41-42-44-46-48-50-52-54-56-58-60-62-64-66-68-70-72-74-78(82)79-76(75-80)77(81)73-71-69-67-65-63-61-59-57-55-53-51-49-47-45-43-34-32-30-28-26-24-22-20-18-16-14-12-10-8-6-4-2/h5,7,11,13,17,19,23,25,29,31,55,57,63,65,71,73,76-77,80-81H,3-4,6,8-10,12,14-16,18,20-22,24,26-28,30,32-54,56,58-62,64,66-70,72,74-75H2,1-2H3,(H,79,82)/b7-5-,13-11-,19-17-,25-23-,31-29-,57-55+,65-63+,73-71+. The van der Waals surface area contributed by atoms with Gasteiger partial charge >= 0.3 is 0 Å². The summed E-state index contributed by atoms with van der Waals surface area (Å²) in [4.78, 5) is 12.5. The van der Waals surface area contributed by atoms with E-state index in [2.05, 4.69) is 104 Å². The summed E-state index contributed by atoms with van der Waals surface area (Å²) < 4.78 is 0. The van der Waals surface area contributed by atoms with Crippen LogP contribution >= 0.6 is 0 Å². The van der Waals surface area contributed by atoms with Crippen LogP contribution in [0.3, 0.4) is 0 Å². The number of allylic oxidation sites excluding steroid dienone is 15. The van der Waals surface area contributed by atoms with Crippen LogP contribution in [-0.4, -0.2) is 34.9 Å². The lowest BCUT2D eigenvalue weighted by Gasteiger charge is -2.19. The Bertz CT molecular complexity index is 1480. The predicted octanol–water partition coefficient (Wildman–Crippen LogP) is 25.2. The third kappa shape index (κ3) is 68.1. The molecule has 3 N–H and O–H groups in total.